The zero-order valence-electron chi connectivity index (χ0n) is 11.4. The summed E-state index contributed by atoms with van der Waals surface area (Å²) in [7, 11) is 1.07. The van der Waals surface area contributed by atoms with E-state index in [1.807, 2.05) is 19.1 Å². The Balaban J connectivity index is 2.16. The van der Waals surface area contributed by atoms with Gasteiger partial charge in [0.25, 0.3) is 5.91 Å². The first-order valence-electron chi connectivity index (χ1n) is 6.12. The molecule has 1 amide bonds. The molecule has 0 radical (unpaired) electrons. The van der Waals surface area contributed by atoms with Crippen LogP contribution < -0.4 is 0 Å². The summed E-state index contributed by atoms with van der Waals surface area (Å²) in [4.78, 5) is 12.4. The van der Waals surface area contributed by atoms with E-state index in [1.54, 1.807) is 12.1 Å². The van der Waals surface area contributed by atoms with E-state index < -0.39 is 18.6 Å². The molecule has 112 valence electrons. The van der Waals surface area contributed by atoms with Gasteiger partial charge >= 0.3 is 6.18 Å². The van der Waals surface area contributed by atoms with E-state index in [2.05, 4.69) is 5.16 Å². The molecule has 1 aromatic carbocycles. The molecule has 0 fully saturated rings. The van der Waals surface area contributed by atoms with Gasteiger partial charge in [0.2, 0.25) is 0 Å². The van der Waals surface area contributed by atoms with Gasteiger partial charge in [-0.05, 0) is 6.92 Å². The molecule has 0 aliphatic heterocycles. The standard InChI is InChI=1S/C14H13F3N2O2/c1-9-3-5-10(6-4-9)12-7-11(18-21-12)13(20)19(2)8-14(15,16)17/h3-7H,8H2,1-2H3. The SMILES string of the molecule is Cc1ccc(-c2cc(C(=O)N(C)CC(F)(F)F)no2)cc1. The Morgan fingerprint density at radius 3 is 2.48 bits per heavy atom. The van der Waals surface area contributed by atoms with E-state index in [0.717, 1.165) is 12.6 Å². The Labute approximate surface area is 119 Å². The Kier molecular flexibility index (Phi) is 4.02. The second kappa shape index (κ2) is 5.59. The lowest BCUT2D eigenvalue weighted by molar-refractivity contribution is -0.138. The van der Waals surface area contributed by atoms with E-state index in [0.29, 0.717) is 16.2 Å². The largest absolute Gasteiger partial charge is 0.406 e. The molecule has 21 heavy (non-hydrogen) atoms. The molecular weight excluding hydrogens is 285 g/mol. The van der Waals surface area contributed by atoms with Gasteiger partial charge in [0.15, 0.2) is 11.5 Å². The van der Waals surface area contributed by atoms with Crippen molar-refractivity contribution in [2.24, 2.45) is 0 Å². The third-order valence-corrected chi connectivity index (χ3v) is 2.83. The molecular formula is C14H13F3N2O2. The van der Waals surface area contributed by atoms with Crippen molar-refractivity contribution in [2.75, 3.05) is 13.6 Å². The maximum absolute atomic E-state index is 12.3. The van der Waals surface area contributed by atoms with Gasteiger partial charge < -0.3 is 9.42 Å². The third-order valence-electron chi connectivity index (χ3n) is 2.83. The number of hydrogen-bond acceptors (Lipinski definition) is 3. The zero-order chi connectivity index (χ0) is 15.6. The highest BCUT2D eigenvalue weighted by atomic mass is 19.4. The fraction of sp³-hybridized carbons (Fsp3) is 0.286. The van der Waals surface area contributed by atoms with Crippen LogP contribution in [0.2, 0.25) is 0 Å². The highest BCUT2D eigenvalue weighted by Crippen LogP contribution is 2.22. The first-order valence-corrected chi connectivity index (χ1v) is 6.12. The van der Waals surface area contributed by atoms with Crippen molar-refractivity contribution >= 4 is 5.91 Å². The smallest absolute Gasteiger partial charge is 0.355 e. The molecule has 0 saturated carbocycles. The molecule has 4 nitrogen and oxygen atoms in total. The van der Waals surface area contributed by atoms with Crippen LogP contribution in [-0.2, 0) is 0 Å². The van der Waals surface area contributed by atoms with Crippen molar-refractivity contribution in [3.63, 3.8) is 0 Å². The minimum absolute atomic E-state index is 0.155. The summed E-state index contributed by atoms with van der Waals surface area (Å²) in [6, 6.07) is 8.61. The van der Waals surface area contributed by atoms with Crippen LogP contribution in [0.5, 0.6) is 0 Å². The lowest BCUT2D eigenvalue weighted by Crippen LogP contribution is -2.35. The van der Waals surface area contributed by atoms with E-state index >= 15 is 0 Å². The zero-order valence-corrected chi connectivity index (χ0v) is 11.4. The Morgan fingerprint density at radius 1 is 1.29 bits per heavy atom. The Hall–Kier alpha value is -2.31. The number of halogens is 3. The molecule has 2 rings (SSSR count). The average molecular weight is 298 g/mol. The highest BCUT2D eigenvalue weighted by Gasteiger charge is 2.32. The van der Waals surface area contributed by atoms with Crippen LogP contribution in [0.25, 0.3) is 11.3 Å². The summed E-state index contributed by atoms with van der Waals surface area (Å²) in [5.74, 6) is -0.506. The quantitative estimate of drug-likeness (QED) is 0.873. The van der Waals surface area contributed by atoms with Gasteiger partial charge in [0, 0.05) is 18.7 Å². The van der Waals surface area contributed by atoms with Crippen LogP contribution in [0.1, 0.15) is 16.1 Å². The summed E-state index contributed by atoms with van der Waals surface area (Å²) in [6.07, 6.45) is -4.45. The number of rotatable bonds is 3. The van der Waals surface area contributed by atoms with Crippen molar-refractivity contribution in [2.45, 2.75) is 13.1 Å². The van der Waals surface area contributed by atoms with Crippen LogP contribution in [0, 0.1) is 6.92 Å². The molecule has 0 aliphatic rings. The topological polar surface area (TPSA) is 46.3 Å². The fourth-order valence-corrected chi connectivity index (χ4v) is 1.77. The predicted molar refractivity (Wildman–Crippen MR) is 69.7 cm³/mol. The van der Waals surface area contributed by atoms with Gasteiger partial charge in [0.05, 0.1) is 0 Å². The number of aromatic nitrogens is 1. The van der Waals surface area contributed by atoms with Gasteiger partial charge in [-0.15, -0.1) is 0 Å². The molecule has 0 saturated heterocycles. The minimum atomic E-state index is -4.45. The number of alkyl halides is 3. The fourth-order valence-electron chi connectivity index (χ4n) is 1.77. The normalized spacial score (nSPS) is 11.5. The predicted octanol–water partition coefficient (Wildman–Crippen LogP) is 3.28. The molecule has 0 unspecified atom stereocenters. The molecule has 0 bridgehead atoms. The number of aryl methyl sites for hydroxylation is 1. The van der Waals surface area contributed by atoms with Gasteiger partial charge in [-0.25, -0.2) is 0 Å². The maximum atomic E-state index is 12.3. The average Bonchev–Trinajstić information content (AvgIpc) is 2.86. The molecule has 0 aliphatic carbocycles. The molecule has 0 N–H and O–H groups in total. The van der Waals surface area contributed by atoms with Crippen LogP contribution in [0.4, 0.5) is 13.2 Å². The van der Waals surface area contributed by atoms with Crippen molar-refractivity contribution < 1.29 is 22.5 Å². The maximum Gasteiger partial charge on any atom is 0.406 e. The first kappa shape index (κ1) is 15.1. The van der Waals surface area contributed by atoms with Crippen LogP contribution in [-0.4, -0.2) is 35.7 Å². The molecule has 0 spiro atoms. The summed E-state index contributed by atoms with van der Waals surface area (Å²) in [6.45, 7) is 0.587. The van der Waals surface area contributed by atoms with E-state index in [9.17, 15) is 18.0 Å². The lowest BCUT2D eigenvalue weighted by Gasteiger charge is -2.17. The van der Waals surface area contributed by atoms with Gasteiger partial charge in [-0.3, -0.25) is 4.79 Å². The molecule has 2 aromatic rings. The van der Waals surface area contributed by atoms with Crippen molar-refractivity contribution in [1.29, 1.82) is 0 Å². The number of hydrogen-bond donors (Lipinski definition) is 0. The third kappa shape index (κ3) is 3.84. The second-order valence-electron chi connectivity index (χ2n) is 4.72. The highest BCUT2D eigenvalue weighted by molar-refractivity contribution is 5.93. The van der Waals surface area contributed by atoms with Crippen LogP contribution in [0.3, 0.4) is 0 Å². The number of amides is 1. The van der Waals surface area contributed by atoms with Crippen molar-refractivity contribution in [3.8, 4) is 11.3 Å². The summed E-state index contributed by atoms with van der Waals surface area (Å²) in [5.41, 5.74) is 1.60. The lowest BCUT2D eigenvalue weighted by atomic mass is 10.1. The van der Waals surface area contributed by atoms with Crippen molar-refractivity contribution in [3.05, 3.63) is 41.6 Å². The Morgan fingerprint density at radius 2 is 1.90 bits per heavy atom. The second-order valence-corrected chi connectivity index (χ2v) is 4.72. The minimum Gasteiger partial charge on any atom is -0.355 e. The number of nitrogens with zero attached hydrogens (tertiary/aromatic N) is 2. The number of benzene rings is 1. The van der Waals surface area contributed by atoms with Crippen molar-refractivity contribution in [1.82, 2.24) is 10.1 Å². The van der Waals surface area contributed by atoms with E-state index in [-0.39, 0.29) is 5.69 Å². The molecule has 1 heterocycles. The first-order chi connectivity index (χ1) is 9.76. The number of carbonyl (C=O) groups is 1. The van der Waals surface area contributed by atoms with Crippen LogP contribution >= 0.6 is 0 Å². The number of carbonyl (C=O) groups excluding carboxylic acids is 1. The Bertz CT molecular complexity index is 632. The summed E-state index contributed by atoms with van der Waals surface area (Å²) >= 11 is 0. The summed E-state index contributed by atoms with van der Waals surface area (Å²) < 4.78 is 41.8. The molecule has 1 aromatic heterocycles. The van der Waals surface area contributed by atoms with Gasteiger partial charge in [-0.2, -0.15) is 13.2 Å². The van der Waals surface area contributed by atoms with Gasteiger partial charge in [-0.1, -0.05) is 35.0 Å². The van der Waals surface area contributed by atoms with Gasteiger partial charge in [0.1, 0.15) is 6.54 Å². The summed E-state index contributed by atoms with van der Waals surface area (Å²) in [5, 5.41) is 3.53. The van der Waals surface area contributed by atoms with E-state index in [4.69, 9.17) is 4.52 Å². The monoisotopic (exact) mass is 298 g/mol. The molecule has 7 heteroatoms. The van der Waals surface area contributed by atoms with Crippen LogP contribution in [0.15, 0.2) is 34.9 Å². The molecule has 0 atom stereocenters. The van der Waals surface area contributed by atoms with E-state index in [1.165, 1.54) is 6.07 Å².